The van der Waals surface area contributed by atoms with Gasteiger partial charge in [-0.2, -0.15) is 0 Å². The van der Waals surface area contributed by atoms with Crippen LogP contribution < -0.4 is 9.80 Å². The molecule has 1 unspecified atom stereocenters. The van der Waals surface area contributed by atoms with Crippen molar-refractivity contribution in [3.05, 3.63) is 230 Å². The highest BCUT2D eigenvalue weighted by molar-refractivity contribution is 5.93. The summed E-state index contributed by atoms with van der Waals surface area (Å²) in [4.78, 5) is 4.84. The van der Waals surface area contributed by atoms with Gasteiger partial charge in [0.2, 0.25) is 0 Å². The van der Waals surface area contributed by atoms with E-state index in [0.717, 1.165) is 29.0 Å². The van der Waals surface area contributed by atoms with E-state index in [9.17, 15) is 0 Å². The predicted molar refractivity (Wildman–Crippen MR) is 241 cm³/mol. The highest BCUT2D eigenvalue weighted by Crippen LogP contribution is 2.39. The Kier molecular flexibility index (Phi) is 8.70. The molecule has 0 aliphatic heterocycles. The monoisotopic (exact) mass is 716 g/mol. The first-order valence-corrected chi connectivity index (χ1v) is 19.4. The standard InChI is InChI=1S/C54H40N2/c1-5-13-45-35-51(31-23-41(45)9-1)55(52-32-24-42-10-2-6-14-46(42)36-52)49-27-19-39(20-28-49)17-18-40-21-29-50(30-22-40)56(53-33-25-43-11-3-7-15-47(43)37-53)54-34-26-44-12-4-8-16-48(44)38-54/h1-29,31-38,50H,30H2/b18-17+. The van der Waals surface area contributed by atoms with Crippen molar-refractivity contribution in [3.8, 4) is 0 Å². The number of benzene rings is 9. The summed E-state index contributed by atoms with van der Waals surface area (Å²) in [6.07, 6.45) is 12.4. The van der Waals surface area contributed by atoms with Crippen LogP contribution in [0, 0.1) is 0 Å². The fraction of sp³-hybridized carbons (Fsp3) is 0.0370. The summed E-state index contributed by atoms with van der Waals surface area (Å²) >= 11 is 0. The molecule has 9 aromatic carbocycles. The third kappa shape index (κ3) is 6.63. The van der Waals surface area contributed by atoms with Gasteiger partial charge in [0.25, 0.3) is 0 Å². The lowest BCUT2D eigenvalue weighted by molar-refractivity contribution is 0.782. The summed E-state index contributed by atoms with van der Waals surface area (Å²) in [5.41, 5.74) is 8.17. The zero-order valence-electron chi connectivity index (χ0n) is 31.0. The molecule has 0 saturated heterocycles. The Morgan fingerprint density at radius 2 is 0.768 bits per heavy atom. The molecule has 0 fully saturated rings. The Bertz CT molecular complexity index is 2810. The Morgan fingerprint density at radius 3 is 1.20 bits per heavy atom. The smallest absolute Gasteiger partial charge is 0.0560 e. The SMILES string of the molecule is C1=CC(N(c2ccc3ccccc3c2)c2ccc3ccccc3c2)CC=C1/C=C/c1ccc(N(c2ccc3ccccc3c2)c2ccc3ccccc3c2)cc1. The molecule has 0 heterocycles. The number of rotatable bonds is 8. The van der Waals surface area contributed by atoms with Crippen molar-refractivity contribution < 1.29 is 0 Å². The largest absolute Gasteiger partial charge is 0.334 e. The molecule has 0 N–H and O–H groups in total. The number of hydrogen-bond acceptors (Lipinski definition) is 2. The Balaban J connectivity index is 0.922. The summed E-state index contributed by atoms with van der Waals surface area (Å²) in [5.74, 6) is 0. The van der Waals surface area contributed by atoms with Gasteiger partial charge in [-0.25, -0.2) is 0 Å². The second-order valence-corrected chi connectivity index (χ2v) is 14.6. The lowest BCUT2D eigenvalue weighted by Gasteiger charge is -2.33. The van der Waals surface area contributed by atoms with Gasteiger partial charge in [-0.1, -0.05) is 164 Å². The molecule has 0 spiro atoms. The summed E-state index contributed by atoms with van der Waals surface area (Å²) in [6.45, 7) is 0. The van der Waals surface area contributed by atoms with E-state index >= 15 is 0 Å². The third-order valence-electron chi connectivity index (χ3n) is 11.1. The van der Waals surface area contributed by atoms with Crippen molar-refractivity contribution in [2.45, 2.75) is 12.5 Å². The molecule has 1 atom stereocenters. The predicted octanol–water partition coefficient (Wildman–Crippen LogP) is 14.9. The van der Waals surface area contributed by atoms with E-state index in [0.29, 0.717) is 0 Å². The van der Waals surface area contributed by atoms with Crippen LogP contribution in [0.25, 0.3) is 49.2 Å². The molecule has 0 bridgehead atoms. The molecule has 10 rings (SSSR count). The Morgan fingerprint density at radius 1 is 0.375 bits per heavy atom. The van der Waals surface area contributed by atoms with Gasteiger partial charge in [-0.3, -0.25) is 0 Å². The average molecular weight is 717 g/mol. The summed E-state index contributed by atoms with van der Waals surface area (Å²) in [5, 5.41) is 9.93. The van der Waals surface area contributed by atoms with E-state index in [-0.39, 0.29) is 6.04 Å². The zero-order chi connectivity index (χ0) is 37.3. The van der Waals surface area contributed by atoms with E-state index in [4.69, 9.17) is 0 Å². The van der Waals surface area contributed by atoms with Gasteiger partial charge in [0.1, 0.15) is 0 Å². The van der Waals surface area contributed by atoms with Crippen LogP contribution >= 0.6 is 0 Å². The molecule has 9 aromatic rings. The minimum atomic E-state index is 0.185. The van der Waals surface area contributed by atoms with Crippen molar-refractivity contribution in [1.82, 2.24) is 0 Å². The van der Waals surface area contributed by atoms with Crippen LogP contribution in [0.2, 0.25) is 0 Å². The number of hydrogen-bond donors (Lipinski definition) is 0. The number of nitrogens with zero attached hydrogens (tertiary/aromatic N) is 2. The van der Waals surface area contributed by atoms with Crippen molar-refractivity contribution in [1.29, 1.82) is 0 Å². The van der Waals surface area contributed by atoms with E-state index in [2.05, 4.69) is 234 Å². The van der Waals surface area contributed by atoms with Crippen LogP contribution in [-0.2, 0) is 0 Å². The highest BCUT2D eigenvalue weighted by atomic mass is 15.2. The summed E-state index contributed by atoms with van der Waals surface area (Å²) in [6, 6.07) is 70.5. The van der Waals surface area contributed by atoms with Crippen molar-refractivity contribution in [2.75, 3.05) is 9.80 Å². The second kappa shape index (κ2) is 14.6. The molecule has 0 saturated carbocycles. The second-order valence-electron chi connectivity index (χ2n) is 14.6. The van der Waals surface area contributed by atoms with Gasteiger partial charge < -0.3 is 9.80 Å². The first-order chi connectivity index (χ1) is 27.7. The maximum Gasteiger partial charge on any atom is 0.0560 e. The van der Waals surface area contributed by atoms with Gasteiger partial charge in [-0.05, 0) is 121 Å². The first kappa shape index (κ1) is 33.4. The first-order valence-electron chi connectivity index (χ1n) is 19.4. The van der Waals surface area contributed by atoms with Crippen LogP contribution in [0.5, 0.6) is 0 Å². The average Bonchev–Trinajstić information content (AvgIpc) is 3.26. The van der Waals surface area contributed by atoms with Crippen LogP contribution in [0.15, 0.2) is 224 Å². The number of fused-ring (bicyclic) bond motifs is 4. The number of allylic oxidation sites excluding steroid dienone is 3. The van der Waals surface area contributed by atoms with Crippen molar-refractivity contribution in [2.24, 2.45) is 0 Å². The molecule has 0 radical (unpaired) electrons. The van der Waals surface area contributed by atoms with E-state index in [1.54, 1.807) is 0 Å². The van der Waals surface area contributed by atoms with Gasteiger partial charge in [0, 0.05) is 28.4 Å². The molecule has 2 nitrogen and oxygen atoms in total. The van der Waals surface area contributed by atoms with Crippen molar-refractivity contribution >= 4 is 77.6 Å². The van der Waals surface area contributed by atoms with Crippen LogP contribution in [0.4, 0.5) is 28.4 Å². The molecule has 0 amide bonds. The molecule has 1 aliphatic rings. The Hall–Kier alpha value is -7.16. The summed E-state index contributed by atoms with van der Waals surface area (Å²) in [7, 11) is 0. The van der Waals surface area contributed by atoms with Gasteiger partial charge in [0.15, 0.2) is 0 Å². The van der Waals surface area contributed by atoms with E-state index < -0.39 is 0 Å². The molecular formula is C54H40N2. The van der Waals surface area contributed by atoms with Crippen molar-refractivity contribution in [3.63, 3.8) is 0 Å². The van der Waals surface area contributed by atoms with E-state index in [1.807, 2.05) is 0 Å². The zero-order valence-corrected chi connectivity index (χ0v) is 31.0. The maximum absolute atomic E-state index is 2.49. The fourth-order valence-electron chi connectivity index (χ4n) is 8.13. The third-order valence-corrected chi connectivity index (χ3v) is 11.1. The van der Waals surface area contributed by atoms with Crippen LogP contribution in [0.3, 0.4) is 0 Å². The lowest BCUT2D eigenvalue weighted by Crippen LogP contribution is -2.30. The topological polar surface area (TPSA) is 6.48 Å². The summed E-state index contributed by atoms with van der Waals surface area (Å²) < 4.78 is 0. The minimum Gasteiger partial charge on any atom is -0.334 e. The molecule has 266 valence electrons. The molecule has 56 heavy (non-hydrogen) atoms. The molecule has 1 aliphatic carbocycles. The highest BCUT2D eigenvalue weighted by Gasteiger charge is 2.21. The van der Waals surface area contributed by atoms with Crippen LogP contribution in [0.1, 0.15) is 12.0 Å². The number of anilines is 5. The minimum absolute atomic E-state index is 0.185. The quantitative estimate of drug-likeness (QED) is 0.154. The Labute approximate surface area is 328 Å². The maximum atomic E-state index is 2.49. The molecule has 0 aromatic heterocycles. The van der Waals surface area contributed by atoms with E-state index in [1.165, 1.54) is 60.0 Å². The van der Waals surface area contributed by atoms with Crippen LogP contribution in [-0.4, -0.2) is 6.04 Å². The normalized spacial score (nSPS) is 14.1. The van der Waals surface area contributed by atoms with Gasteiger partial charge in [-0.15, -0.1) is 0 Å². The molecular weight excluding hydrogens is 677 g/mol. The van der Waals surface area contributed by atoms with Gasteiger partial charge in [0.05, 0.1) is 6.04 Å². The lowest BCUT2D eigenvalue weighted by atomic mass is 9.98. The fourth-order valence-corrected chi connectivity index (χ4v) is 8.13. The molecule has 2 heteroatoms. The van der Waals surface area contributed by atoms with Gasteiger partial charge >= 0.3 is 0 Å².